The lowest BCUT2D eigenvalue weighted by Gasteiger charge is -2.37. The molecule has 0 saturated carbocycles. The molecule has 0 heterocycles. The first-order valence-electron chi connectivity index (χ1n) is 5.59. The summed E-state index contributed by atoms with van der Waals surface area (Å²) in [5.74, 6) is 2.55. The molecule has 0 spiro atoms. The quantitative estimate of drug-likeness (QED) is 0.737. The van der Waals surface area contributed by atoms with Gasteiger partial charge in [-0.05, 0) is 26.7 Å². The van der Waals surface area contributed by atoms with Gasteiger partial charge in [0.1, 0.15) is 6.61 Å². The highest BCUT2D eigenvalue weighted by molar-refractivity contribution is 5.22. The molecule has 1 rings (SSSR count). The van der Waals surface area contributed by atoms with E-state index >= 15 is 0 Å². The predicted molar refractivity (Wildman–Crippen MR) is 65.9 cm³/mol. The summed E-state index contributed by atoms with van der Waals surface area (Å²) in [4.78, 5) is 0. The van der Waals surface area contributed by atoms with Gasteiger partial charge in [0, 0.05) is 5.92 Å². The number of hydrogen-bond acceptors (Lipinski definition) is 2. The van der Waals surface area contributed by atoms with Crippen LogP contribution in [0.1, 0.15) is 26.7 Å². The largest absolute Gasteiger partial charge is 0.390 e. The third kappa shape index (κ3) is 3.23. The van der Waals surface area contributed by atoms with Crippen LogP contribution < -0.4 is 0 Å². The van der Waals surface area contributed by atoms with Crippen LogP contribution >= 0.6 is 0 Å². The van der Waals surface area contributed by atoms with Gasteiger partial charge in [-0.25, -0.2) is 0 Å². The Morgan fingerprint density at radius 3 is 2.94 bits per heavy atom. The fourth-order valence-electron chi connectivity index (χ4n) is 2.13. The average molecular weight is 220 g/mol. The second kappa shape index (κ2) is 5.34. The second-order valence-electron chi connectivity index (χ2n) is 4.72. The number of allylic oxidation sites excluding steroid dienone is 2. The van der Waals surface area contributed by atoms with Crippen molar-refractivity contribution in [2.75, 3.05) is 6.61 Å². The van der Waals surface area contributed by atoms with E-state index in [1.165, 1.54) is 5.57 Å². The summed E-state index contributed by atoms with van der Waals surface area (Å²) >= 11 is 0. The molecule has 0 radical (unpaired) electrons. The summed E-state index contributed by atoms with van der Waals surface area (Å²) in [6, 6.07) is 0. The van der Waals surface area contributed by atoms with Crippen molar-refractivity contribution in [3.8, 4) is 12.3 Å². The van der Waals surface area contributed by atoms with Crippen LogP contribution in [0.15, 0.2) is 24.3 Å². The van der Waals surface area contributed by atoms with Crippen LogP contribution in [0.5, 0.6) is 0 Å². The van der Waals surface area contributed by atoms with E-state index in [0.29, 0.717) is 0 Å². The highest BCUT2D eigenvalue weighted by atomic mass is 16.5. The SMILES string of the molecule is C#CCO[C@@H]1C=C(C=C)CC[C@H]1C(C)(C)O. The van der Waals surface area contributed by atoms with Crippen molar-refractivity contribution in [3.63, 3.8) is 0 Å². The highest BCUT2D eigenvalue weighted by Crippen LogP contribution is 2.34. The minimum absolute atomic E-state index is 0.0875. The van der Waals surface area contributed by atoms with Crippen molar-refractivity contribution in [1.82, 2.24) is 0 Å². The topological polar surface area (TPSA) is 29.5 Å². The Kier molecular flexibility index (Phi) is 4.35. The van der Waals surface area contributed by atoms with E-state index in [9.17, 15) is 5.11 Å². The molecule has 1 aliphatic rings. The molecule has 0 aromatic heterocycles. The summed E-state index contributed by atoms with van der Waals surface area (Å²) in [5, 5.41) is 10.1. The van der Waals surface area contributed by atoms with Crippen molar-refractivity contribution in [2.24, 2.45) is 5.92 Å². The van der Waals surface area contributed by atoms with E-state index in [-0.39, 0.29) is 18.6 Å². The van der Waals surface area contributed by atoms with Gasteiger partial charge in [0.05, 0.1) is 11.7 Å². The summed E-state index contributed by atoms with van der Waals surface area (Å²) in [6.07, 6.45) is 10.8. The summed E-state index contributed by atoms with van der Waals surface area (Å²) in [6.45, 7) is 7.67. The zero-order valence-electron chi connectivity index (χ0n) is 10.1. The molecule has 0 fully saturated rings. The van der Waals surface area contributed by atoms with Gasteiger partial charge in [0.25, 0.3) is 0 Å². The van der Waals surface area contributed by atoms with Crippen LogP contribution in [0.3, 0.4) is 0 Å². The molecular weight excluding hydrogens is 200 g/mol. The number of ether oxygens (including phenoxy) is 1. The summed E-state index contributed by atoms with van der Waals surface area (Å²) < 4.78 is 5.58. The molecule has 88 valence electrons. The normalized spacial score (nSPS) is 25.8. The first-order chi connectivity index (χ1) is 7.49. The predicted octanol–water partition coefficient (Wildman–Crippen LogP) is 2.30. The Morgan fingerprint density at radius 1 is 1.75 bits per heavy atom. The molecule has 1 N–H and O–H groups in total. The Hall–Kier alpha value is -1.04. The van der Waals surface area contributed by atoms with E-state index in [1.54, 1.807) is 0 Å². The van der Waals surface area contributed by atoms with Crippen LogP contribution in [0.4, 0.5) is 0 Å². The van der Waals surface area contributed by atoms with Gasteiger partial charge in [-0.15, -0.1) is 6.42 Å². The highest BCUT2D eigenvalue weighted by Gasteiger charge is 2.35. The molecule has 0 bridgehead atoms. The fourth-order valence-corrected chi connectivity index (χ4v) is 2.13. The van der Waals surface area contributed by atoms with Crippen LogP contribution in [0.25, 0.3) is 0 Å². The van der Waals surface area contributed by atoms with Crippen molar-refractivity contribution in [3.05, 3.63) is 24.3 Å². The van der Waals surface area contributed by atoms with Crippen molar-refractivity contribution >= 4 is 0 Å². The van der Waals surface area contributed by atoms with Gasteiger partial charge in [-0.3, -0.25) is 0 Å². The standard InChI is InChI=1S/C14H20O2/c1-5-9-16-13-10-11(6-2)7-8-12(13)14(3,4)15/h1,6,10,12-13,15H,2,7-9H2,3-4H3/t12-,13-/m1/s1. The van der Waals surface area contributed by atoms with Crippen LogP contribution in [0, 0.1) is 18.3 Å². The molecular formula is C14H20O2. The van der Waals surface area contributed by atoms with E-state index in [1.807, 2.05) is 26.0 Å². The maximum absolute atomic E-state index is 10.1. The van der Waals surface area contributed by atoms with E-state index in [2.05, 4.69) is 12.5 Å². The van der Waals surface area contributed by atoms with Gasteiger partial charge in [0.15, 0.2) is 0 Å². The molecule has 0 aliphatic heterocycles. The molecule has 2 heteroatoms. The Labute approximate surface area is 98.0 Å². The first kappa shape index (κ1) is 13.0. The lowest BCUT2D eigenvalue weighted by atomic mass is 9.77. The smallest absolute Gasteiger partial charge is 0.108 e. The molecule has 0 amide bonds. The third-order valence-electron chi connectivity index (χ3n) is 3.05. The zero-order chi connectivity index (χ0) is 12.2. The van der Waals surface area contributed by atoms with E-state index < -0.39 is 5.60 Å². The molecule has 1 aliphatic carbocycles. The van der Waals surface area contributed by atoms with E-state index in [0.717, 1.165) is 12.8 Å². The maximum Gasteiger partial charge on any atom is 0.108 e. The number of aliphatic hydroxyl groups is 1. The molecule has 2 atom stereocenters. The van der Waals surface area contributed by atoms with Gasteiger partial charge in [-0.2, -0.15) is 0 Å². The van der Waals surface area contributed by atoms with Crippen LogP contribution in [-0.2, 0) is 4.74 Å². The van der Waals surface area contributed by atoms with E-state index in [4.69, 9.17) is 11.2 Å². The van der Waals surface area contributed by atoms with Crippen LogP contribution in [-0.4, -0.2) is 23.4 Å². The van der Waals surface area contributed by atoms with Gasteiger partial charge < -0.3 is 9.84 Å². The minimum Gasteiger partial charge on any atom is -0.390 e. The summed E-state index contributed by atoms with van der Waals surface area (Å²) in [5.41, 5.74) is 0.421. The number of rotatable bonds is 4. The number of hydrogen-bond donors (Lipinski definition) is 1. The Morgan fingerprint density at radius 2 is 2.44 bits per heavy atom. The fraction of sp³-hybridized carbons (Fsp3) is 0.571. The van der Waals surface area contributed by atoms with Crippen LogP contribution in [0.2, 0.25) is 0 Å². The Balaban J connectivity index is 2.82. The zero-order valence-corrected chi connectivity index (χ0v) is 10.1. The summed E-state index contributed by atoms with van der Waals surface area (Å²) in [7, 11) is 0. The lowest BCUT2D eigenvalue weighted by Crippen LogP contribution is -2.41. The molecule has 0 unspecified atom stereocenters. The number of terminal acetylenes is 1. The minimum atomic E-state index is -0.748. The molecule has 2 nitrogen and oxygen atoms in total. The molecule has 0 aromatic rings. The van der Waals surface area contributed by atoms with Crippen molar-refractivity contribution in [1.29, 1.82) is 0 Å². The first-order valence-corrected chi connectivity index (χ1v) is 5.59. The molecule has 16 heavy (non-hydrogen) atoms. The average Bonchev–Trinajstić information content (AvgIpc) is 2.24. The third-order valence-corrected chi connectivity index (χ3v) is 3.05. The Bertz CT molecular complexity index is 315. The van der Waals surface area contributed by atoms with Gasteiger partial charge in [0.2, 0.25) is 0 Å². The van der Waals surface area contributed by atoms with Gasteiger partial charge in [-0.1, -0.05) is 30.2 Å². The second-order valence-corrected chi connectivity index (χ2v) is 4.72. The van der Waals surface area contributed by atoms with Gasteiger partial charge >= 0.3 is 0 Å². The maximum atomic E-state index is 10.1. The lowest BCUT2D eigenvalue weighted by molar-refractivity contribution is -0.0578. The molecule has 0 aromatic carbocycles. The van der Waals surface area contributed by atoms with Crippen molar-refractivity contribution < 1.29 is 9.84 Å². The molecule has 0 saturated heterocycles. The monoisotopic (exact) mass is 220 g/mol. The van der Waals surface area contributed by atoms with Crippen molar-refractivity contribution in [2.45, 2.75) is 38.4 Å².